The molecule has 0 radical (unpaired) electrons. The highest BCUT2D eigenvalue weighted by molar-refractivity contribution is 7.89. The number of nitrogens with zero attached hydrogens (tertiary/aromatic N) is 2. The molecule has 0 spiro atoms. The number of hydrogen-bond acceptors (Lipinski definition) is 4. The molecule has 1 amide bonds. The lowest BCUT2D eigenvalue weighted by molar-refractivity contribution is 0.0761. The van der Waals surface area contributed by atoms with Crippen LogP contribution in [0.15, 0.2) is 53.4 Å². The molecule has 2 aliphatic rings. The Morgan fingerprint density at radius 3 is 2.33 bits per heavy atom. The summed E-state index contributed by atoms with van der Waals surface area (Å²) in [4.78, 5) is 17.4. The predicted octanol–water partition coefficient (Wildman–Crippen LogP) is 2.78. The highest BCUT2D eigenvalue weighted by Gasteiger charge is 2.28. The first kappa shape index (κ1) is 21.0. The minimum absolute atomic E-state index is 0.0358. The van der Waals surface area contributed by atoms with Gasteiger partial charge in [-0.05, 0) is 56.0 Å². The number of rotatable bonds is 6. The summed E-state index contributed by atoms with van der Waals surface area (Å²) in [5.74, 6) is -0.0358. The number of sulfonamides is 1. The van der Waals surface area contributed by atoms with Crippen molar-refractivity contribution in [2.45, 2.75) is 43.7 Å². The van der Waals surface area contributed by atoms with Gasteiger partial charge in [0.25, 0.3) is 5.91 Å². The molecule has 2 aromatic rings. The SMILES string of the molecule is Cc1ccc(CN2CCCN(C(=O)c3ccc(S(=O)(=O)NC4CC4)cc3)CC2)cc1. The molecule has 1 heterocycles. The molecule has 0 aromatic heterocycles. The Morgan fingerprint density at radius 2 is 1.67 bits per heavy atom. The van der Waals surface area contributed by atoms with Gasteiger partial charge in [0.05, 0.1) is 4.90 Å². The number of benzene rings is 2. The van der Waals surface area contributed by atoms with Crippen molar-refractivity contribution in [3.63, 3.8) is 0 Å². The van der Waals surface area contributed by atoms with Crippen LogP contribution in [0.3, 0.4) is 0 Å². The summed E-state index contributed by atoms with van der Waals surface area (Å²) in [5, 5.41) is 0. The van der Waals surface area contributed by atoms with Crippen LogP contribution in [0.25, 0.3) is 0 Å². The molecular formula is C23H29N3O3S. The van der Waals surface area contributed by atoms with Crippen LogP contribution >= 0.6 is 0 Å². The monoisotopic (exact) mass is 427 g/mol. The van der Waals surface area contributed by atoms with Gasteiger partial charge in [0.2, 0.25) is 10.0 Å². The lowest BCUT2D eigenvalue weighted by Crippen LogP contribution is -2.35. The summed E-state index contributed by atoms with van der Waals surface area (Å²) in [6.45, 7) is 6.16. The molecule has 1 saturated carbocycles. The summed E-state index contributed by atoms with van der Waals surface area (Å²) in [5.41, 5.74) is 3.08. The Labute approximate surface area is 178 Å². The van der Waals surface area contributed by atoms with Gasteiger partial charge < -0.3 is 4.90 Å². The van der Waals surface area contributed by atoms with Crippen molar-refractivity contribution in [3.05, 3.63) is 65.2 Å². The Hall–Kier alpha value is -2.22. The van der Waals surface area contributed by atoms with E-state index >= 15 is 0 Å². The average Bonchev–Trinajstić information content (AvgIpc) is 3.56. The third kappa shape index (κ3) is 5.28. The third-order valence-corrected chi connectivity index (χ3v) is 7.25. The second kappa shape index (κ2) is 8.88. The van der Waals surface area contributed by atoms with E-state index in [-0.39, 0.29) is 16.8 Å². The Balaban J connectivity index is 1.35. The third-order valence-electron chi connectivity index (χ3n) is 5.71. The van der Waals surface area contributed by atoms with Crippen molar-refractivity contribution >= 4 is 15.9 Å². The molecule has 30 heavy (non-hydrogen) atoms. The van der Waals surface area contributed by atoms with Crippen molar-refractivity contribution in [3.8, 4) is 0 Å². The number of nitrogens with one attached hydrogen (secondary N) is 1. The first-order valence-electron chi connectivity index (χ1n) is 10.6. The fourth-order valence-electron chi connectivity index (χ4n) is 3.73. The standard InChI is InChI=1S/C23H29N3O3S/c1-18-3-5-19(6-4-18)17-25-13-2-14-26(16-15-25)23(27)20-7-11-22(12-8-20)30(28,29)24-21-9-10-21/h3-8,11-12,21,24H,2,9-10,13-17H2,1H3. The molecule has 4 rings (SSSR count). The summed E-state index contributed by atoms with van der Waals surface area (Å²) in [6.07, 6.45) is 2.72. The molecule has 0 atom stereocenters. The smallest absolute Gasteiger partial charge is 0.253 e. The van der Waals surface area contributed by atoms with Gasteiger partial charge in [0.15, 0.2) is 0 Å². The van der Waals surface area contributed by atoms with E-state index in [4.69, 9.17) is 0 Å². The quantitative estimate of drug-likeness (QED) is 0.770. The highest BCUT2D eigenvalue weighted by Crippen LogP contribution is 2.22. The van der Waals surface area contributed by atoms with E-state index in [0.29, 0.717) is 18.7 Å². The highest BCUT2D eigenvalue weighted by atomic mass is 32.2. The number of carbonyl (C=O) groups is 1. The van der Waals surface area contributed by atoms with Crippen LogP contribution in [0.5, 0.6) is 0 Å². The molecule has 0 bridgehead atoms. The van der Waals surface area contributed by atoms with Crippen molar-refractivity contribution in [1.82, 2.24) is 14.5 Å². The van der Waals surface area contributed by atoms with Crippen molar-refractivity contribution in [2.75, 3.05) is 26.2 Å². The molecule has 1 aliphatic carbocycles. The fourth-order valence-corrected chi connectivity index (χ4v) is 5.04. The van der Waals surface area contributed by atoms with Crippen LogP contribution in [0.4, 0.5) is 0 Å². The van der Waals surface area contributed by atoms with Crippen LogP contribution in [0.2, 0.25) is 0 Å². The van der Waals surface area contributed by atoms with Crippen LogP contribution in [-0.2, 0) is 16.6 Å². The number of amides is 1. The molecule has 1 aliphatic heterocycles. The molecular weight excluding hydrogens is 398 g/mol. The van der Waals surface area contributed by atoms with Gasteiger partial charge in [0, 0.05) is 44.3 Å². The van der Waals surface area contributed by atoms with Gasteiger partial charge in [-0.1, -0.05) is 29.8 Å². The van der Waals surface area contributed by atoms with E-state index in [1.165, 1.54) is 23.3 Å². The largest absolute Gasteiger partial charge is 0.337 e. The number of aryl methyl sites for hydroxylation is 1. The van der Waals surface area contributed by atoms with Crippen LogP contribution in [0, 0.1) is 6.92 Å². The number of carbonyl (C=O) groups excluding carboxylic acids is 1. The minimum atomic E-state index is -3.49. The second-order valence-electron chi connectivity index (χ2n) is 8.33. The second-order valence-corrected chi connectivity index (χ2v) is 10.0. The maximum absolute atomic E-state index is 12.9. The van der Waals surface area contributed by atoms with Gasteiger partial charge >= 0.3 is 0 Å². The molecule has 0 unspecified atom stereocenters. The normalized spacial score (nSPS) is 18.2. The maximum atomic E-state index is 12.9. The predicted molar refractivity (Wildman–Crippen MR) is 117 cm³/mol. The summed E-state index contributed by atoms with van der Waals surface area (Å²) < 4.78 is 27.3. The minimum Gasteiger partial charge on any atom is -0.337 e. The van der Waals surface area contributed by atoms with Crippen molar-refractivity contribution < 1.29 is 13.2 Å². The molecule has 2 aromatic carbocycles. The van der Waals surface area contributed by atoms with E-state index in [1.807, 2.05) is 4.90 Å². The van der Waals surface area contributed by atoms with Crippen LogP contribution < -0.4 is 4.72 Å². The van der Waals surface area contributed by atoms with E-state index in [9.17, 15) is 13.2 Å². The van der Waals surface area contributed by atoms with Gasteiger partial charge in [-0.3, -0.25) is 9.69 Å². The Kier molecular flexibility index (Phi) is 6.22. The molecule has 1 N–H and O–H groups in total. The fraction of sp³-hybridized carbons (Fsp3) is 0.435. The first-order chi connectivity index (χ1) is 14.4. The topological polar surface area (TPSA) is 69.7 Å². The summed E-state index contributed by atoms with van der Waals surface area (Å²) >= 11 is 0. The first-order valence-corrected chi connectivity index (χ1v) is 12.1. The molecule has 2 fully saturated rings. The van der Waals surface area contributed by atoms with E-state index < -0.39 is 10.0 Å². The van der Waals surface area contributed by atoms with Crippen LogP contribution in [0.1, 0.15) is 40.7 Å². The van der Waals surface area contributed by atoms with Gasteiger partial charge in [0.1, 0.15) is 0 Å². The van der Waals surface area contributed by atoms with E-state index in [1.54, 1.807) is 12.1 Å². The molecule has 6 nitrogen and oxygen atoms in total. The van der Waals surface area contributed by atoms with Crippen molar-refractivity contribution in [1.29, 1.82) is 0 Å². The zero-order valence-corrected chi connectivity index (χ0v) is 18.2. The average molecular weight is 428 g/mol. The van der Waals surface area contributed by atoms with E-state index in [2.05, 4.69) is 40.8 Å². The van der Waals surface area contributed by atoms with Gasteiger partial charge in [-0.2, -0.15) is 0 Å². The van der Waals surface area contributed by atoms with E-state index in [0.717, 1.165) is 38.9 Å². The van der Waals surface area contributed by atoms with Crippen molar-refractivity contribution in [2.24, 2.45) is 0 Å². The summed E-state index contributed by atoms with van der Waals surface area (Å²) in [7, 11) is -3.49. The Morgan fingerprint density at radius 1 is 0.967 bits per heavy atom. The zero-order chi connectivity index (χ0) is 21.1. The lowest BCUT2D eigenvalue weighted by Gasteiger charge is -2.22. The summed E-state index contributed by atoms with van der Waals surface area (Å²) in [6, 6.07) is 15.0. The van der Waals surface area contributed by atoms with Gasteiger partial charge in [-0.15, -0.1) is 0 Å². The Bertz CT molecular complexity index is 983. The molecule has 7 heteroatoms. The zero-order valence-electron chi connectivity index (χ0n) is 17.4. The molecule has 160 valence electrons. The number of hydrogen-bond donors (Lipinski definition) is 1. The van der Waals surface area contributed by atoms with Gasteiger partial charge in [-0.25, -0.2) is 13.1 Å². The maximum Gasteiger partial charge on any atom is 0.253 e. The lowest BCUT2D eigenvalue weighted by atomic mass is 10.1. The molecule has 1 saturated heterocycles. The van der Waals surface area contributed by atoms with Crippen LogP contribution in [-0.4, -0.2) is 56.3 Å².